The first-order valence-electron chi connectivity index (χ1n) is 6.82. The molecule has 2 N–H and O–H groups in total. The first-order chi connectivity index (χ1) is 9.10. The van der Waals surface area contributed by atoms with E-state index in [9.17, 15) is 4.79 Å². The van der Waals surface area contributed by atoms with E-state index < -0.39 is 0 Å². The molecule has 0 radical (unpaired) electrons. The zero-order valence-electron chi connectivity index (χ0n) is 11.6. The van der Waals surface area contributed by atoms with Crippen molar-refractivity contribution in [2.24, 2.45) is 0 Å². The number of nitrogen functional groups attached to an aromatic ring is 1. The van der Waals surface area contributed by atoms with Gasteiger partial charge in [0.05, 0.1) is 12.1 Å². The number of amides is 1. The van der Waals surface area contributed by atoms with Crippen LogP contribution in [0, 0.1) is 0 Å². The lowest BCUT2D eigenvalue weighted by Crippen LogP contribution is -2.51. The van der Waals surface area contributed by atoms with Crippen molar-refractivity contribution in [3.63, 3.8) is 0 Å². The number of nitrogens with zero attached hydrogens (tertiary/aromatic N) is 3. The van der Waals surface area contributed by atoms with Crippen LogP contribution in [0.3, 0.4) is 0 Å². The van der Waals surface area contributed by atoms with Crippen LogP contribution in [0.15, 0.2) is 5.38 Å². The Morgan fingerprint density at radius 2 is 2.16 bits per heavy atom. The predicted octanol–water partition coefficient (Wildman–Crippen LogP) is 1.21. The first-order valence-corrected chi connectivity index (χ1v) is 7.69. The topological polar surface area (TPSA) is 62.5 Å². The Bertz CT molecular complexity index is 426. The molecule has 106 valence electrons. The second-order valence-corrected chi connectivity index (χ2v) is 5.92. The number of piperazine rings is 1. The van der Waals surface area contributed by atoms with Gasteiger partial charge in [0.25, 0.3) is 0 Å². The molecule has 1 unspecified atom stereocenters. The molecule has 2 heterocycles. The van der Waals surface area contributed by atoms with Crippen LogP contribution in [0.5, 0.6) is 0 Å². The number of rotatable bonds is 4. The van der Waals surface area contributed by atoms with E-state index in [-0.39, 0.29) is 5.91 Å². The fourth-order valence-electron chi connectivity index (χ4n) is 2.34. The lowest BCUT2D eigenvalue weighted by molar-refractivity contribution is -0.132. The highest BCUT2D eigenvalue weighted by Gasteiger charge is 2.23. The molecule has 1 fully saturated rings. The van der Waals surface area contributed by atoms with Gasteiger partial charge in [-0.15, -0.1) is 11.3 Å². The van der Waals surface area contributed by atoms with E-state index in [1.165, 1.54) is 11.3 Å². The fraction of sp³-hybridized carbons (Fsp3) is 0.692. The van der Waals surface area contributed by atoms with E-state index in [0.29, 0.717) is 17.6 Å². The SMILES string of the molecule is CCC(C)N1CCN(C(=O)Cc2csc(N)n2)CC1. The van der Waals surface area contributed by atoms with E-state index in [2.05, 4.69) is 23.7 Å². The summed E-state index contributed by atoms with van der Waals surface area (Å²) < 4.78 is 0. The number of hydrogen-bond donors (Lipinski definition) is 1. The van der Waals surface area contributed by atoms with Crippen molar-refractivity contribution in [2.45, 2.75) is 32.7 Å². The summed E-state index contributed by atoms with van der Waals surface area (Å²) in [6.45, 7) is 8.04. The smallest absolute Gasteiger partial charge is 0.228 e. The summed E-state index contributed by atoms with van der Waals surface area (Å²) in [6, 6.07) is 0.607. The summed E-state index contributed by atoms with van der Waals surface area (Å²) in [6.07, 6.45) is 1.53. The maximum absolute atomic E-state index is 12.2. The zero-order valence-corrected chi connectivity index (χ0v) is 12.4. The Morgan fingerprint density at radius 3 is 2.68 bits per heavy atom. The van der Waals surface area contributed by atoms with Gasteiger partial charge in [0.1, 0.15) is 0 Å². The largest absolute Gasteiger partial charge is 0.375 e. The van der Waals surface area contributed by atoms with Crippen LogP contribution in [0.1, 0.15) is 26.0 Å². The highest BCUT2D eigenvalue weighted by Crippen LogP contribution is 2.14. The van der Waals surface area contributed by atoms with Crippen molar-refractivity contribution in [1.82, 2.24) is 14.8 Å². The summed E-state index contributed by atoms with van der Waals surface area (Å²) in [5, 5.41) is 2.40. The second-order valence-electron chi connectivity index (χ2n) is 5.03. The van der Waals surface area contributed by atoms with Crippen molar-refractivity contribution in [2.75, 3.05) is 31.9 Å². The van der Waals surface area contributed by atoms with Crippen LogP contribution < -0.4 is 5.73 Å². The number of carbonyl (C=O) groups is 1. The van der Waals surface area contributed by atoms with Crippen LogP contribution in [0.2, 0.25) is 0 Å². The quantitative estimate of drug-likeness (QED) is 0.901. The molecular formula is C13H22N4OS. The van der Waals surface area contributed by atoms with Gasteiger partial charge in [-0.3, -0.25) is 9.69 Å². The van der Waals surface area contributed by atoms with Gasteiger partial charge in [0.15, 0.2) is 5.13 Å². The molecule has 1 aromatic rings. The van der Waals surface area contributed by atoms with Gasteiger partial charge in [-0.1, -0.05) is 6.92 Å². The average molecular weight is 282 g/mol. The number of nitrogens with two attached hydrogens (primary N) is 1. The third-order valence-corrected chi connectivity index (χ3v) is 4.51. The highest BCUT2D eigenvalue weighted by atomic mass is 32.1. The minimum atomic E-state index is 0.161. The molecule has 5 nitrogen and oxygen atoms in total. The number of carbonyl (C=O) groups excluding carboxylic acids is 1. The number of anilines is 1. The maximum atomic E-state index is 12.2. The molecule has 1 aliphatic rings. The Balaban J connectivity index is 1.82. The van der Waals surface area contributed by atoms with Crippen LogP contribution in [0.25, 0.3) is 0 Å². The van der Waals surface area contributed by atoms with E-state index in [1.54, 1.807) is 0 Å². The molecule has 1 saturated heterocycles. The number of thiazole rings is 1. The molecule has 1 aromatic heterocycles. The lowest BCUT2D eigenvalue weighted by Gasteiger charge is -2.37. The molecule has 1 aliphatic heterocycles. The molecule has 2 rings (SSSR count). The monoisotopic (exact) mass is 282 g/mol. The van der Waals surface area contributed by atoms with E-state index in [4.69, 9.17) is 5.73 Å². The maximum Gasteiger partial charge on any atom is 0.228 e. The van der Waals surface area contributed by atoms with Crippen LogP contribution in [-0.4, -0.2) is 52.9 Å². The fourth-order valence-corrected chi connectivity index (χ4v) is 2.90. The molecule has 0 saturated carbocycles. The molecule has 0 spiro atoms. The molecule has 6 heteroatoms. The molecule has 1 atom stereocenters. The number of hydrogen-bond acceptors (Lipinski definition) is 5. The summed E-state index contributed by atoms with van der Waals surface area (Å²) in [4.78, 5) is 20.7. The van der Waals surface area contributed by atoms with E-state index in [1.807, 2.05) is 10.3 Å². The summed E-state index contributed by atoms with van der Waals surface area (Å²) in [5.74, 6) is 0.161. The Hall–Kier alpha value is -1.14. The first kappa shape index (κ1) is 14.3. The van der Waals surface area contributed by atoms with Crippen LogP contribution in [-0.2, 0) is 11.2 Å². The van der Waals surface area contributed by atoms with Gasteiger partial charge < -0.3 is 10.6 Å². The Morgan fingerprint density at radius 1 is 1.47 bits per heavy atom. The minimum absolute atomic E-state index is 0.161. The third-order valence-electron chi connectivity index (χ3n) is 3.78. The minimum Gasteiger partial charge on any atom is -0.375 e. The lowest BCUT2D eigenvalue weighted by atomic mass is 10.2. The molecule has 0 aliphatic carbocycles. The normalized spacial score (nSPS) is 18.5. The molecule has 0 aromatic carbocycles. The van der Waals surface area contributed by atoms with Crippen LogP contribution in [0.4, 0.5) is 5.13 Å². The summed E-state index contributed by atoms with van der Waals surface area (Å²) >= 11 is 1.39. The average Bonchev–Trinajstić information content (AvgIpc) is 2.83. The summed E-state index contributed by atoms with van der Waals surface area (Å²) in [5.41, 5.74) is 6.36. The molecule has 0 bridgehead atoms. The highest BCUT2D eigenvalue weighted by molar-refractivity contribution is 7.13. The van der Waals surface area contributed by atoms with Gasteiger partial charge >= 0.3 is 0 Å². The Labute approximate surface area is 118 Å². The molecule has 1 amide bonds. The van der Waals surface area contributed by atoms with Gasteiger partial charge in [-0.05, 0) is 13.3 Å². The zero-order chi connectivity index (χ0) is 13.8. The molecule has 19 heavy (non-hydrogen) atoms. The standard InChI is InChI=1S/C13H22N4OS/c1-3-10(2)16-4-6-17(7-5-16)12(18)8-11-9-19-13(14)15-11/h9-10H,3-8H2,1-2H3,(H2,14,15). The van der Waals surface area contributed by atoms with Gasteiger partial charge in [0, 0.05) is 37.6 Å². The van der Waals surface area contributed by atoms with E-state index >= 15 is 0 Å². The van der Waals surface area contributed by atoms with Crippen molar-refractivity contribution < 1.29 is 4.79 Å². The van der Waals surface area contributed by atoms with Gasteiger partial charge in [-0.25, -0.2) is 4.98 Å². The van der Waals surface area contributed by atoms with Crippen molar-refractivity contribution in [3.8, 4) is 0 Å². The van der Waals surface area contributed by atoms with Gasteiger partial charge in [0.2, 0.25) is 5.91 Å². The predicted molar refractivity (Wildman–Crippen MR) is 78.1 cm³/mol. The molecular weight excluding hydrogens is 260 g/mol. The summed E-state index contributed by atoms with van der Waals surface area (Å²) in [7, 11) is 0. The second kappa shape index (κ2) is 6.34. The Kier molecular flexibility index (Phi) is 4.76. The van der Waals surface area contributed by atoms with Crippen molar-refractivity contribution in [3.05, 3.63) is 11.1 Å². The van der Waals surface area contributed by atoms with Crippen molar-refractivity contribution in [1.29, 1.82) is 0 Å². The number of aromatic nitrogens is 1. The van der Waals surface area contributed by atoms with Crippen LogP contribution >= 0.6 is 11.3 Å². The van der Waals surface area contributed by atoms with Gasteiger partial charge in [-0.2, -0.15) is 0 Å². The third kappa shape index (κ3) is 3.67. The van der Waals surface area contributed by atoms with E-state index in [0.717, 1.165) is 38.3 Å². The van der Waals surface area contributed by atoms with Crippen molar-refractivity contribution >= 4 is 22.4 Å².